The number of aromatic nitrogens is 1. The van der Waals surface area contributed by atoms with Gasteiger partial charge in [-0.2, -0.15) is 5.10 Å². The Morgan fingerprint density at radius 3 is 2.56 bits per heavy atom. The summed E-state index contributed by atoms with van der Waals surface area (Å²) in [5.41, 5.74) is 7.50. The molecule has 2 aromatic heterocycles. The number of hydrogen-bond acceptors (Lipinski definition) is 4. The Morgan fingerprint density at radius 1 is 1.12 bits per heavy atom. The lowest BCUT2D eigenvalue weighted by atomic mass is 10.2. The van der Waals surface area contributed by atoms with Gasteiger partial charge < -0.3 is 13.7 Å². The van der Waals surface area contributed by atoms with Crippen LogP contribution in [0, 0.1) is 13.8 Å². The normalized spacial score (nSPS) is 11.1. The molecule has 0 spiro atoms. The van der Waals surface area contributed by atoms with Crippen molar-refractivity contribution < 1.29 is 13.9 Å². The van der Waals surface area contributed by atoms with E-state index in [1.54, 1.807) is 18.3 Å². The zero-order chi connectivity index (χ0) is 22.5. The summed E-state index contributed by atoms with van der Waals surface area (Å²) in [4.78, 5) is 11.9. The van der Waals surface area contributed by atoms with E-state index in [1.165, 1.54) is 6.26 Å². The third-order valence-electron chi connectivity index (χ3n) is 5.00. The van der Waals surface area contributed by atoms with Gasteiger partial charge in [0.2, 0.25) is 0 Å². The molecule has 2 aromatic carbocycles. The number of rotatable bonds is 7. The second kappa shape index (κ2) is 9.58. The Labute approximate surface area is 191 Å². The van der Waals surface area contributed by atoms with Crippen molar-refractivity contribution in [1.29, 1.82) is 0 Å². The standard InChI is InChI=1S/C25H22ClN3O3/c1-17-14-20(15-27-28-25(30)24-4-3-13-31-24)18(2)29(17)22-9-11-23(12-10-22)32-16-19-5-7-21(26)8-6-19/h3-15H,16H2,1-2H3,(H,28,30)/b27-15-. The molecule has 0 unspecified atom stereocenters. The average molecular weight is 448 g/mol. The highest BCUT2D eigenvalue weighted by Crippen LogP contribution is 2.23. The van der Waals surface area contributed by atoms with Gasteiger partial charge in [-0.3, -0.25) is 4.79 Å². The molecule has 0 bridgehead atoms. The van der Waals surface area contributed by atoms with E-state index in [1.807, 2.05) is 68.4 Å². The first kappa shape index (κ1) is 21.5. The second-order valence-corrected chi connectivity index (χ2v) is 7.68. The number of carbonyl (C=O) groups excluding carboxylic acids is 1. The number of hydrazone groups is 1. The highest BCUT2D eigenvalue weighted by atomic mass is 35.5. The van der Waals surface area contributed by atoms with Gasteiger partial charge in [-0.1, -0.05) is 23.7 Å². The molecule has 4 rings (SSSR count). The quantitative estimate of drug-likeness (QED) is 0.292. The molecule has 6 nitrogen and oxygen atoms in total. The van der Waals surface area contributed by atoms with E-state index in [0.717, 1.165) is 34.0 Å². The molecule has 0 saturated heterocycles. The predicted molar refractivity (Wildman–Crippen MR) is 125 cm³/mol. The number of nitrogens with one attached hydrogen (secondary N) is 1. The van der Waals surface area contributed by atoms with E-state index >= 15 is 0 Å². The van der Waals surface area contributed by atoms with Crippen molar-refractivity contribution in [3.8, 4) is 11.4 Å². The van der Waals surface area contributed by atoms with Crippen LogP contribution in [0.3, 0.4) is 0 Å². The summed E-state index contributed by atoms with van der Waals surface area (Å²) in [5.74, 6) is 0.605. The van der Waals surface area contributed by atoms with Crippen LogP contribution < -0.4 is 10.2 Å². The van der Waals surface area contributed by atoms with Crippen LogP contribution in [0.5, 0.6) is 5.75 Å². The summed E-state index contributed by atoms with van der Waals surface area (Å²) in [6.07, 6.45) is 3.07. The van der Waals surface area contributed by atoms with E-state index < -0.39 is 5.91 Å². The van der Waals surface area contributed by atoms with Crippen LogP contribution in [0.4, 0.5) is 0 Å². The van der Waals surface area contributed by atoms with Crippen molar-refractivity contribution in [2.45, 2.75) is 20.5 Å². The van der Waals surface area contributed by atoms with E-state index in [0.29, 0.717) is 11.6 Å². The molecule has 7 heteroatoms. The van der Waals surface area contributed by atoms with Crippen LogP contribution in [0.2, 0.25) is 5.02 Å². The van der Waals surface area contributed by atoms with Crippen LogP contribution >= 0.6 is 11.6 Å². The van der Waals surface area contributed by atoms with Gasteiger partial charge >= 0.3 is 5.91 Å². The smallest absolute Gasteiger partial charge is 0.307 e. The van der Waals surface area contributed by atoms with Gasteiger partial charge in [0.25, 0.3) is 0 Å². The van der Waals surface area contributed by atoms with Crippen molar-refractivity contribution in [2.75, 3.05) is 0 Å². The molecule has 1 N–H and O–H groups in total. The van der Waals surface area contributed by atoms with Gasteiger partial charge in [0.05, 0.1) is 12.5 Å². The molecule has 2 heterocycles. The summed E-state index contributed by atoms with van der Waals surface area (Å²) < 4.78 is 13.1. The number of furan rings is 1. The molecule has 162 valence electrons. The fourth-order valence-electron chi connectivity index (χ4n) is 3.38. The Morgan fingerprint density at radius 2 is 1.88 bits per heavy atom. The Hall–Kier alpha value is -3.77. The van der Waals surface area contributed by atoms with Gasteiger partial charge in [0.15, 0.2) is 5.76 Å². The maximum Gasteiger partial charge on any atom is 0.307 e. The van der Waals surface area contributed by atoms with Gasteiger partial charge in [-0.15, -0.1) is 0 Å². The van der Waals surface area contributed by atoms with Crippen LogP contribution in [0.25, 0.3) is 5.69 Å². The van der Waals surface area contributed by atoms with Gasteiger partial charge in [0.1, 0.15) is 12.4 Å². The summed E-state index contributed by atoms with van der Waals surface area (Å²) >= 11 is 5.92. The SMILES string of the molecule is Cc1cc(/C=N\NC(=O)c2ccco2)c(C)n1-c1ccc(OCc2ccc(Cl)cc2)cc1. The Balaban J connectivity index is 1.43. The maximum atomic E-state index is 11.9. The number of halogens is 1. The largest absolute Gasteiger partial charge is 0.489 e. The van der Waals surface area contributed by atoms with Crippen molar-refractivity contribution in [3.63, 3.8) is 0 Å². The lowest BCUT2D eigenvalue weighted by Gasteiger charge is -2.11. The van der Waals surface area contributed by atoms with Crippen LogP contribution in [0.15, 0.2) is 82.5 Å². The van der Waals surface area contributed by atoms with E-state index in [4.69, 9.17) is 20.8 Å². The number of carbonyl (C=O) groups is 1. The van der Waals surface area contributed by atoms with Crippen LogP contribution in [-0.4, -0.2) is 16.7 Å². The molecule has 1 amide bonds. The third kappa shape index (κ3) is 4.92. The second-order valence-electron chi connectivity index (χ2n) is 7.25. The molecular formula is C25H22ClN3O3. The van der Waals surface area contributed by atoms with E-state index in [2.05, 4.69) is 15.1 Å². The molecule has 0 aliphatic rings. The van der Waals surface area contributed by atoms with Gasteiger partial charge in [-0.25, -0.2) is 5.43 Å². The first-order valence-electron chi connectivity index (χ1n) is 10.0. The monoisotopic (exact) mass is 447 g/mol. The van der Waals surface area contributed by atoms with Crippen molar-refractivity contribution in [1.82, 2.24) is 9.99 Å². The summed E-state index contributed by atoms with van der Waals surface area (Å²) in [7, 11) is 0. The zero-order valence-electron chi connectivity index (χ0n) is 17.7. The van der Waals surface area contributed by atoms with E-state index in [-0.39, 0.29) is 5.76 Å². The molecule has 0 aliphatic heterocycles. The predicted octanol–water partition coefficient (Wildman–Crippen LogP) is 5.68. The average Bonchev–Trinajstić information content (AvgIpc) is 3.42. The third-order valence-corrected chi connectivity index (χ3v) is 5.25. The molecule has 0 fully saturated rings. The lowest BCUT2D eigenvalue weighted by molar-refractivity contribution is 0.0927. The van der Waals surface area contributed by atoms with Crippen LogP contribution in [0.1, 0.15) is 33.1 Å². The Bertz CT molecular complexity index is 1220. The first-order valence-corrected chi connectivity index (χ1v) is 10.4. The number of aryl methyl sites for hydroxylation is 1. The van der Waals surface area contributed by atoms with Crippen LogP contribution in [-0.2, 0) is 6.61 Å². The van der Waals surface area contributed by atoms with Gasteiger partial charge in [-0.05, 0) is 74.0 Å². The van der Waals surface area contributed by atoms with Crippen molar-refractivity contribution >= 4 is 23.7 Å². The summed E-state index contributed by atoms with van der Waals surface area (Å²) in [5, 5.41) is 4.76. The minimum absolute atomic E-state index is 0.214. The first-order chi connectivity index (χ1) is 15.5. The molecular weight excluding hydrogens is 426 g/mol. The zero-order valence-corrected chi connectivity index (χ0v) is 18.5. The molecule has 4 aromatic rings. The maximum absolute atomic E-state index is 11.9. The molecule has 0 saturated carbocycles. The fraction of sp³-hybridized carbons (Fsp3) is 0.120. The van der Waals surface area contributed by atoms with Crippen molar-refractivity contribution in [3.05, 3.63) is 106 Å². The fourth-order valence-corrected chi connectivity index (χ4v) is 3.50. The molecule has 0 atom stereocenters. The highest BCUT2D eigenvalue weighted by molar-refractivity contribution is 6.30. The minimum atomic E-state index is -0.394. The minimum Gasteiger partial charge on any atom is -0.489 e. The molecule has 32 heavy (non-hydrogen) atoms. The van der Waals surface area contributed by atoms with E-state index in [9.17, 15) is 4.79 Å². The molecule has 0 radical (unpaired) electrons. The number of amides is 1. The summed E-state index contributed by atoms with van der Waals surface area (Å²) in [6, 6.07) is 20.8. The number of ether oxygens (including phenoxy) is 1. The van der Waals surface area contributed by atoms with Crippen molar-refractivity contribution in [2.24, 2.45) is 5.10 Å². The highest BCUT2D eigenvalue weighted by Gasteiger charge is 2.11. The number of nitrogens with zero attached hydrogens (tertiary/aromatic N) is 2. The number of hydrogen-bond donors (Lipinski definition) is 1. The Kier molecular flexibility index (Phi) is 6.42. The van der Waals surface area contributed by atoms with Gasteiger partial charge in [0, 0.05) is 27.7 Å². The molecule has 0 aliphatic carbocycles. The number of benzene rings is 2. The summed E-state index contributed by atoms with van der Waals surface area (Å²) in [6.45, 7) is 4.51. The lowest BCUT2D eigenvalue weighted by Crippen LogP contribution is -2.16. The topological polar surface area (TPSA) is 68.8 Å².